The molecular formula is C17H18N2. The van der Waals surface area contributed by atoms with E-state index in [-0.39, 0.29) is 0 Å². The zero-order valence-electron chi connectivity index (χ0n) is 11.0. The van der Waals surface area contributed by atoms with Gasteiger partial charge in [0.2, 0.25) is 0 Å². The van der Waals surface area contributed by atoms with Crippen LogP contribution in [0.2, 0.25) is 0 Å². The molecule has 0 amide bonds. The molecule has 3 rings (SSSR count). The molecule has 1 heterocycles. The van der Waals surface area contributed by atoms with E-state index in [1.807, 2.05) is 18.2 Å². The summed E-state index contributed by atoms with van der Waals surface area (Å²) in [6.45, 7) is 4.24. The number of allylic oxidation sites excluding steroid dienone is 2. The van der Waals surface area contributed by atoms with E-state index >= 15 is 0 Å². The molecule has 2 nitrogen and oxygen atoms in total. The molecule has 2 aliphatic rings. The molecule has 0 aromatic heterocycles. The van der Waals surface area contributed by atoms with E-state index in [4.69, 9.17) is 10.7 Å². The van der Waals surface area contributed by atoms with E-state index < -0.39 is 5.54 Å². The predicted molar refractivity (Wildman–Crippen MR) is 80.0 cm³/mol. The molecule has 2 N–H and O–H groups in total. The van der Waals surface area contributed by atoms with E-state index in [0.29, 0.717) is 12.3 Å². The molecule has 2 heteroatoms. The molecule has 1 aromatic carbocycles. The second-order valence-corrected chi connectivity index (χ2v) is 5.10. The Balaban J connectivity index is 2.20. The third-order valence-corrected chi connectivity index (χ3v) is 3.82. The fourth-order valence-electron chi connectivity index (χ4n) is 2.95. The van der Waals surface area contributed by atoms with Crippen molar-refractivity contribution < 1.29 is 0 Å². The maximum absolute atomic E-state index is 5.98. The van der Waals surface area contributed by atoms with Crippen molar-refractivity contribution in [2.45, 2.75) is 24.8 Å². The quantitative estimate of drug-likeness (QED) is 0.802. The maximum atomic E-state index is 5.98. The monoisotopic (exact) mass is 250 g/mol. The number of amidine groups is 1. The molecule has 0 fully saturated rings. The number of rotatable bonds is 2. The number of nitrogens with zero attached hydrogens (tertiary/aromatic N) is 1. The third-order valence-electron chi connectivity index (χ3n) is 3.82. The van der Waals surface area contributed by atoms with E-state index in [1.54, 1.807) is 0 Å². The Morgan fingerprint density at radius 2 is 1.95 bits per heavy atom. The Bertz CT molecular complexity index is 593. The van der Waals surface area contributed by atoms with E-state index in [1.165, 1.54) is 5.57 Å². The van der Waals surface area contributed by atoms with Crippen molar-refractivity contribution >= 4 is 5.84 Å². The van der Waals surface area contributed by atoms with E-state index in [9.17, 15) is 0 Å². The highest BCUT2D eigenvalue weighted by Gasteiger charge is 2.42. The van der Waals surface area contributed by atoms with Gasteiger partial charge in [0, 0.05) is 6.42 Å². The van der Waals surface area contributed by atoms with Crippen molar-refractivity contribution in [1.29, 1.82) is 0 Å². The smallest absolute Gasteiger partial charge is 0.133 e. The van der Waals surface area contributed by atoms with Gasteiger partial charge in [0.25, 0.3) is 0 Å². The summed E-state index contributed by atoms with van der Waals surface area (Å²) in [6.07, 6.45) is 9.48. The van der Waals surface area contributed by atoms with Gasteiger partial charge in [-0.1, -0.05) is 55.1 Å². The lowest BCUT2D eigenvalue weighted by Crippen LogP contribution is -2.25. The van der Waals surface area contributed by atoms with Crippen molar-refractivity contribution in [3.63, 3.8) is 0 Å². The third kappa shape index (κ3) is 1.84. The molecule has 0 radical (unpaired) electrons. The van der Waals surface area contributed by atoms with Gasteiger partial charge >= 0.3 is 0 Å². The number of hydrogen-bond acceptors (Lipinski definition) is 2. The molecular weight excluding hydrogens is 232 g/mol. The van der Waals surface area contributed by atoms with Crippen LogP contribution in [0.3, 0.4) is 0 Å². The van der Waals surface area contributed by atoms with Gasteiger partial charge in [-0.3, -0.25) is 4.99 Å². The molecule has 0 saturated carbocycles. The zero-order chi connectivity index (χ0) is 13.3. The minimum Gasteiger partial charge on any atom is -0.387 e. The summed E-state index contributed by atoms with van der Waals surface area (Å²) in [7, 11) is 0. The van der Waals surface area contributed by atoms with Gasteiger partial charge in [-0.25, -0.2) is 0 Å². The molecule has 1 aromatic rings. The highest BCUT2D eigenvalue weighted by atomic mass is 15.0. The minimum absolute atomic E-state index is 0.470. The Morgan fingerprint density at radius 1 is 1.16 bits per heavy atom. The van der Waals surface area contributed by atoms with Crippen molar-refractivity contribution in [3.05, 3.63) is 71.8 Å². The summed E-state index contributed by atoms with van der Waals surface area (Å²) in [6, 6.07) is 10.3. The van der Waals surface area contributed by atoms with Crippen LogP contribution in [0.25, 0.3) is 0 Å². The number of aliphatic imine (C=N–C) groups is 1. The second-order valence-electron chi connectivity index (χ2n) is 5.10. The van der Waals surface area contributed by atoms with Gasteiger partial charge in [-0.2, -0.15) is 0 Å². The summed E-state index contributed by atoms with van der Waals surface area (Å²) in [4.78, 5) is 4.77. The molecule has 1 unspecified atom stereocenters. The highest BCUT2D eigenvalue weighted by molar-refractivity contribution is 5.88. The average Bonchev–Trinajstić information content (AvgIpc) is 2.76. The first-order valence-electron chi connectivity index (χ1n) is 6.68. The first-order chi connectivity index (χ1) is 9.23. The molecule has 96 valence electrons. The van der Waals surface area contributed by atoms with Crippen LogP contribution in [0.5, 0.6) is 0 Å². The maximum Gasteiger partial charge on any atom is 0.133 e. The Hall–Kier alpha value is -2.09. The molecule has 1 aliphatic carbocycles. The Labute approximate surface area is 114 Å². The predicted octanol–water partition coefficient (Wildman–Crippen LogP) is 3.48. The number of benzene rings is 1. The second kappa shape index (κ2) is 4.54. The van der Waals surface area contributed by atoms with Crippen LogP contribution in [0.15, 0.2) is 71.3 Å². The zero-order valence-corrected chi connectivity index (χ0v) is 11.0. The summed E-state index contributed by atoms with van der Waals surface area (Å²) in [5, 5.41) is 0. The molecule has 0 spiro atoms. The van der Waals surface area contributed by atoms with Gasteiger partial charge in [-0.05, 0) is 29.6 Å². The summed E-state index contributed by atoms with van der Waals surface area (Å²) in [5.74, 6) is 0.675. The largest absolute Gasteiger partial charge is 0.387 e. The Morgan fingerprint density at radius 3 is 2.53 bits per heavy atom. The standard InChI is InChI=1S/C17H18N2/c1-13-12-16(18)19-17(13,14-8-4-2-5-9-14)15-10-6-3-7-11-15/h2,4-6,8-11H,1,3,7,12H2,(H2,18,19). The van der Waals surface area contributed by atoms with E-state index in [2.05, 4.69) is 36.9 Å². The van der Waals surface area contributed by atoms with Crippen LogP contribution in [0.1, 0.15) is 24.8 Å². The lowest BCUT2D eigenvalue weighted by Gasteiger charge is -2.31. The van der Waals surface area contributed by atoms with Crippen molar-refractivity contribution in [2.75, 3.05) is 0 Å². The van der Waals surface area contributed by atoms with Crippen LogP contribution >= 0.6 is 0 Å². The van der Waals surface area contributed by atoms with Crippen LogP contribution < -0.4 is 5.73 Å². The fourth-order valence-corrected chi connectivity index (χ4v) is 2.95. The van der Waals surface area contributed by atoms with E-state index in [0.717, 1.165) is 24.0 Å². The molecule has 19 heavy (non-hydrogen) atoms. The summed E-state index contributed by atoms with van der Waals surface area (Å²) in [5.41, 5.74) is 8.93. The fraction of sp³-hybridized carbons (Fsp3) is 0.235. The molecule has 0 saturated heterocycles. The first-order valence-corrected chi connectivity index (χ1v) is 6.68. The lowest BCUT2D eigenvalue weighted by molar-refractivity contribution is 0.652. The van der Waals surface area contributed by atoms with Crippen molar-refractivity contribution in [3.8, 4) is 0 Å². The molecule has 0 bridgehead atoms. The van der Waals surface area contributed by atoms with Gasteiger partial charge in [-0.15, -0.1) is 0 Å². The summed E-state index contributed by atoms with van der Waals surface area (Å²) >= 11 is 0. The van der Waals surface area contributed by atoms with Gasteiger partial charge in [0.15, 0.2) is 0 Å². The van der Waals surface area contributed by atoms with Crippen LogP contribution in [0.4, 0.5) is 0 Å². The van der Waals surface area contributed by atoms with Crippen molar-refractivity contribution in [1.82, 2.24) is 0 Å². The number of hydrogen-bond donors (Lipinski definition) is 1. The average molecular weight is 250 g/mol. The topological polar surface area (TPSA) is 38.4 Å². The summed E-state index contributed by atoms with van der Waals surface area (Å²) < 4.78 is 0. The molecule has 1 aliphatic heterocycles. The molecule has 1 atom stereocenters. The van der Waals surface area contributed by atoms with Crippen LogP contribution in [-0.2, 0) is 5.54 Å². The highest BCUT2D eigenvalue weighted by Crippen LogP contribution is 2.46. The number of nitrogens with two attached hydrogens (primary N) is 1. The minimum atomic E-state index is -0.470. The van der Waals surface area contributed by atoms with Gasteiger partial charge in [0.05, 0.1) is 5.84 Å². The van der Waals surface area contributed by atoms with Crippen LogP contribution in [-0.4, -0.2) is 5.84 Å². The SMILES string of the molecule is C=C1CC(N)=NC1(C1=CCCC=C1)c1ccccc1. The lowest BCUT2D eigenvalue weighted by atomic mass is 9.76. The first kappa shape index (κ1) is 12.0. The Kier molecular flexibility index (Phi) is 2.86. The van der Waals surface area contributed by atoms with Crippen molar-refractivity contribution in [2.24, 2.45) is 10.7 Å². The van der Waals surface area contributed by atoms with Gasteiger partial charge in [0.1, 0.15) is 5.54 Å². The van der Waals surface area contributed by atoms with Crippen LogP contribution in [0, 0.1) is 0 Å². The normalized spacial score (nSPS) is 26.2. The van der Waals surface area contributed by atoms with Gasteiger partial charge < -0.3 is 5.73 Å².